The third-order valence-corrected chi connectivity index (χ3v) is 4.19. The van der Waals surface area contributed by atoms with Crippen LogP contribution in [-0.4, -0.2) is 10.2 Å². The fourth-order valence-electron chi connectivity index (χ4n) is 2.38. The maximum Gasteiger partial charge on any atom is 0.153 e. The molecule has 0 radical (unpaired) electrons. The Hall–Kier alpha value is -1.59. The first-order chi connectivity index (χ1) is 10.0. The van der Waals surface area contributed by atoms with Crippen LogP contribution in [0.5, 0.6) is 0 Å². The van der Waals surface area contributed by atoms with Gasteiger partial charge in [-0.2, -0.15) is 5.10 Å². The molecule has 0 bridgehead atoms. The predicted octanol–water partition coefficient (Wildman–Crippen LogP) is 5.16. The Kier molecular flexibility index (Phi) is 3.87. The molecule has 2 aromatic carbocycles. The van der Waals surface area contributed by atoms with Gasteiger partial charge in [-0.1, -0.05) is 44.0 Å². The molecule has 3 N–H and O–H groups in total. The smallest absolute Gasteiger partial charge is 0.153 e. The summed E-state index contributed by atoms with van der Waals surface area (Å²) in [4.78, 5) is 0. The van der Waals surface area contributed by atoms with Crippen molar-refractivity contribution in [2.45, 2.75) is 6.92 Å². The highest BCUT2D eigenvalue weighted by molar-refractivity contribution is 9.10. The van der Waals surface area contributed by atoms with Crippen LogP contribution < -0.4 is 5.73 Å². The van der Waals surface area contributed by atoms with E-state index in [-0.39, 0.29) is 0 Å². The maximum atomic E-state index is 6.07. The van der Waals surface area contributed by atoms with Crippen molar-refractivity contribution >= 4 is 37.7 Å². The number of rotatable bonds is 2. The second-order valence-corrected chi connectivity index (χ2v) is 6.72. The van der Waals surface area contributed by atoms with Crippen LogP contribution in [0.1, 0.15) is 5.56 Å². The average molecular weight is 407 g/mol. The molecule has 0 saturated carbocycles. The lowest BCUT2D eigenvalue weighted by molar-refractivity contribution is 1.10. The van der Waals surface area contributed by atoms with Gasteiger partial charge in [0.05, 0.1) is 11.3 Å². The first-order valence-corrected chi connectivity index (χ1v) is 8.00. The van der Waals surface area contributed by atoms with E-state index in [1.807, 2.05) is 24.3 Å². The van der Waals surface area contributed by atoms with Gasteiger partial charge in [0.2, 0.25) is 0 Å². The molecule has 0 amide bonds. The molecule has 0 fully saturated rings. The molecule has 106 valence electrons. The Balaban J connectivity index is 2.21. The number of anilines is 1. The number of hydrogen-bond acceptors (Lipinski definition) is 2. The van der Waals surface area contributed by atoms with E-state index >= 15 is 0 Å². The van der Waals surface area contributed by atoms with E-state index < -0.39 is 0 Å². The van der Waals surface area contributed by atoms with E-state index in [9.17, 15) is 0 Å². The number of benzene rings is 2. The highest BCUT2D eigenvalue weighted by Crippen LogP contribution is 2.36. The van der Waals surface area contributed by atoms with Gasteiger partial charge in [-0.05, 0) is 48.4 Å². The number of nitrogens with zero attached hydrogens (tertiary/aromatic N) is 1. The normalized spacial score (nSPS) is 10.8. The average Bonchev–Trinajstić information content (AvgIpc) is 2.79. The van der Waals surface area contributed by atoms with Crippen molar-refractivity contribution in [1.29, 1.82) is 0 Å². The molecule has 3 nitrogen and oxygen atoms in total. The third-order valence-electron chi connectivity index (χ3n) is 3.24. The van der Waals surface area contributed by atoms with Gasteiger partial charge in [-0.3, -0.25) is 5.10 Å². The predicted molar refractivity (Wildman–Crippen MR) is 94.0 cm³/mol. The quantitative estimate of drug-likeness (QED) is 0.617. The Morgan fingerprint density at radius 3 is 2.48 bits per heavy atom. The van der Waals surface area contributed by atoms with Gasteiger partial charge >= 0.3 is 0 Å². The molecule has 0 aliphatic heterocycles. The molecule has 0 spiro atoms. The Morgan fingerprint density at radius 2 is 1.76 bits per heavy atom. The maximum absolute atomic E-state index is 6.07. The van der Waals surface area contributed by atoms with Crippen LogP contribution in [0.4, 0.5) is 5.82 Å². The summed E-state index contributed by atoms with van der Waals surface area (Å²) in [5.74, 6) is 0.501. The van der Waals surface area contributed by atoms with Crippen molar-refractivity contribution < 1.29 is 0 Å². The molecule has 3 rings (SSSR count). The minimum absolute atomic E-state index is 0.501. The minimum Gasteiger partial charge on any atom is -0.382 e. The molecule has 1 aromatic heterocycles. The zero-order valence-electron chi connectivity index (χ0n) is 11.3. The number of nitrogens with two attached hydrogens (primary N) is 1. The molecule has 0 aliphatic rings. The highest BCUT2D eigenvalue weighted by Gasteiger charge is 2.15. The molecule has 0 unspecified atom stereocenters. The van der Waals surface area contributed by atoms with E-state index in [0.717, 1.165) is 31.3 Å². The molecule has 5 heteroatoms. The number of halogens is 2. The van der Waals surface area contributed by atoms with E-state index in [2.05, 4.69) is 67.2 Å². The summed E-state index contributed by atoms with van der Waals surface area (Å²) < 4.78 is 2.04. The van der Waals surface area contributed by atoms with Crippen LogP contribution in [0.2, 0.25) is 0 Å². The number of aromatic amines is 1. The summed E-state index contributed by atoms with van der Waals surface area (Å²) in [6.45, 7) is 2.06. The molecule has 21 heavy (non-hydrogen) atoms. The van der Waals surface area contributed by atoms with Crippen molar-refractivity contribution in [2.24, 2.45) is 0 Å². The van der Waals surface area contributed by atoms with Crippen LogP contribution in [0.15, 0.2) is 51.4 Å². The largest absolute Gasteiger partial charge is 0.382 e. The second kappa shape index (κ2) is 5.66. The topological polar surface area (TPSA) is 54.7 Å². The molecule has 0 aliphatic carbocycles. The van der Waals surface area contributed by atoms with Crippen molar-refractivity contribution in [1.82, 2.24) is 10.2 Å². The van der Waals surface area contributed by atoms with E-state index in [0.29, 0.717) is 5.82 Å². The van der Waals surface area contributed by atoms with Crippen molar-refractivity contribution in [3.63, 3.8) is 0 Å². The zero-order valence-corrected chi connectivity index (χ0v) is 14.5. The van der Waals surface area contributed by atoms with Gasteiger partial charge in [0.25, 0.3) is 0 Å². The number of aryl methyl sites for hydroxylation is 1. The van der Waals surface area contributed by atoms with Crippen molar-refractivity contribution in [3.8, 4) is 22.4 Å². The molecule has 1 heterocycles. The molecule has 3 aromatic rings. The van der Waals surface area contributed by atoms with Crippen LogP contribution in [0.25, 0.3) is 22.4 Å². The van der Waals surface area contributed by atoms with Crippen molar-refractivity contribution in [2.75, 3.05) is 5.73 Å². The summed E-state index contributed by atoms with van der Waals surface area (Å²) >= 11 is 7.03. The van der Waals surface area contributed by atoms with Crippen LogP contribution in [0, 0.1) is 6.92 Å². The third kappa shape index (κ3) is 2.89. The lowest BCUT2D eigenvalue weighted by Crippen LogP contribution is -1.89. The number of nitrogen functional groups attached to an aromatic ring is 1. The fraction of sp³-hybridized carbons (Fsp3) is 0.0625. The summed E-state index contributed by atoms with van der Waals surface area (Å²) in [7, 11) is 0. The van der Waals surface area contributed by atoms with Gasteiger partial charge in [-0.25, -0.2) is 0 Å². The zero-order chi connectivity index (χ0) is 15.0. The first-order valence-electron chi connectivity index (χ1n) is 6.42. The number of aromatic nitrogens is 2. The summed E-state index contributed by atoms with van der Waals surface area (Å²) in [5, 5.41) is 7.23. The van der Waals surface area contributed by atoms with Gasteiger partial charge in [0.15, 0.2) is 5.82 Å². The van der Waals surface area contributed by atoms with Gasteiger partial charge in [0.1, 0.15) is 0 Å². The van der Waals surface area contributed by atoms with Gasteiger partial charge in [0, 0.05) is 14.5 Å². The lowest BCUT2D eigenvalue weighted by Gasteiger charge is -2.07. The van der Waals surface area contributed by atoms with E-state index in [4.69, 9.17) is 5.73 Å². The minimum atomic E-state index is 0.501. The standard InChI is InChI=1S/C16H13Br2N3/c1-9-5-11(8-13(18)6-9)15-14(16(19)21-20-15)10-3-2-4-12(17)7-10/h2-8H,1H3,(H3,19,20,21). The van der Waals surface area contributed by atoms with Gasteiger partial charge in [-0.15, -0.1) is 0 Å². The van der Waals surface area contributed by atoms with E-state index in [1.165, 1.54) is 5.56 Å². The Labute approximate surface area is 139 Å². The van der Waals surface area contributed by atoms with Crippen LogP contribution in [0.3, 0.4) is 0 Å². The van der Waals surface area contributed by atoms with Crippen LogP contribution in [-0.2, 0) is 0 Å². The van der Waals surface area contributed by atoms with E-state index in [1.54, 1.807) is 0 Å². The monoisotopic (exact) mass is 405 g/mol. The molecule has 0 atom stereocenters. The van der Waals surface area contributed by atoms with Crippen molar-refractivity contribution in [3.05, 3.63) is 57.0 Å². The van der Waals surface area contributed by atoms with Gasteiger partial charge < -0.3 is 5.73 Å². The Morgan fingerprint density at radius 1 is 1.00 bits per heavy atom. The lowest BCUT2D eigenvalue weighted by atomic mass is 10.00. The SMILES string of the molecule is Cc1cc(Br)cc(-c2[nH]nc(N)c2-c2cccc(Br)c2)c1. The first kappa shape index (κ1) is 14.4. The summed E-state index contributed by atoms with van der Waals surface area (Å²) in [5.41, 5.74) is 11.2. The highest BCUT2D eigenvalue weighted by atomic mass is 79.9. The summed E-state index contributed by atoms with van der Waals surface area (Å²) in [6, 6.07) is 14.3. The van der Waals surface area contributed by atoms with Crippen LogP contribution >= 0.6 is 31.9 Å². The molecule has 0 saturated heterocycles. The number of nitrogens with one attached hydrogen (secondary N) is 1. The Bertz CT molecular complexity index is 789. The molecular weight excluding hydrogens is 394 g/mol. The number of H-pyrrole nitrogens is 1. The summed E-state index contributed by atoms with van der Waals surface area (Å²) in [6.07, 6.45) is 0. The number of hydrogen-bond donors (Lipinski definition) is 2. The second-order valence-electron chi connectivity index (χ2n) is 4.89. The fourth-order valence-corrected chi connectivity index (χ4v) is 3.39. The molecular formula is C16H13Br2N3.